The molecule has 1 fully saturated rings. The lowest BCUT2D eigenvalue weighted by molar-refractivity contribution is -0.140. The van der Waals surface area contributed by atoms with E-state index in [1.165, 1.54) is 9.80 Å². The van der Waals surface area contributed by atoms with E-state index in [1.54, 1.807) is 20.8 Å². The first-order valence-corrected chi connectivity index (χ1v) is 7.89. The molecule has 1 aliphatic rings. The van der Waals surface area contributed by atoms with Gasteiger partial charge in [-0.1, -0.05) is 0 Å². The van der Waals surface area contributed by atoms with Gasteiger partial charge in [-0.05, 0) is 32.9 Å². The number of carboxylic acids is 1. The third-order valence-corrected chi connectivity index (χ3v) is 3.69. The highest BCUT2D eigenvalue weighted by molar-refractivity contribution is 5.80. The molecule has 0 saturated carbocycles. The molecule has 1 saturated heterocycles. The summed E-state index contributed by atoms with van der Waals surface area (Å²) in [5.74, 6) is -1.10. The molecule has 0 radical (unpaired) electrons. The molecule has 7 nitrogen and oxygen atoms in total. The van der Waals surface area contributed by atoms with E-state index < -0.39 is 35.4 Å². The van der Waals surface area contributed by atoms with Crippen LogP contribution < -0.4 is 4.90 Å². The molecule has 1 aromatic rings. The van der Waals surface area contributed by atoms with E-state index >= 15 is 0 Å². The number of ether oxygens (including phenoxy) is 1. The standard InChI is InChI=1S/C16H20F3N3O4/c1-15(2,3)26-14(25)21-6-7-22(11(9-21)13(23)24)12-5-4-10(8-20-12)16(17,18)19/h4-5,8,11H,6-7,9H2,1-3H3,(H,23,24). The summed E-state index contributed by atoms with van der Waals surface area (Å²) in [6.45, 7) is 5.20. The Morgan fingerprint density at radius 1 is 1.23 bits per heavy atom. The number of anilines is 1. The lowest BCUT2D eigenvalue weighted by atomic mass is 10.1. The number of nitrogens with zero attached hydrogens (tertiary/aromatic N) is 3. The van der Waals surface area contributed by atoms with Crippen LogP contribution in [0.5, 0.6) is 0 Å². The number of aliphatic carboxylic acids is 1. The maximum Gasteiger partial charge on any atom is 0.417 e. The molecule has 0 aromatic carbocycles. The van der Waals surface area contributed by atoms with Gasteiger partial charge in [0.1, 0.15) is 17.5 Å². The number of pyridine rings is 1. The zero-order valence-corrected chi connectivity index (χ0v) is 14.6. The fourth-order valence-electron chi connectivity index (χ4n) is 2.48. The number of carbonyl (C=O) groups excluding carboxylic acids is 1. The Labute approximate surface area is 148 Å². The number of carbonyl (C=O) groups is 2. The van der Waals surface area contributed by atoms with E-state index in [1.807, 2.05) is 0 Å². The molecule has 1 unspecified atom stereocenters. The van der Waals surface area contributed by atoms with Crippen molar-refractivity contribution >= 4 is 17.9 Å². The maximum atomic E-state index is 12.6. The van der Waals surface area contributed by atoms with Crippen molar-refractivity contribution in [2.24, 2.45) is 0 Å². The largest absolute Gasteiger partial charge is 0.480 e. The summed E-state index contributed by atoms with van der Waals surface area (Å²) in [5.41, 5.74) is -1.64. The van der Waals surface area contributed by atoms with Crippen molar-refractivity contribution in [3.63, 3.8) is 0 Å². The van der Waals surface area contributed by atoms with E-state index in [0.29, 0.717) is 6.20 Å². The summed E-state index contributed by atoms with van der Waals surface area (Å²) in [7, 11) is 0. The molecule has 2 rings (SSSR count). The van der Waals surface area contributed by atoms with Crippen molar-refractivity contribution in [2.75, 3.05) is 24.5 Å². The van der Waals surface area contributed by atoms with Gasteiger partial charge in [-0.2, -0.15) is 13.2 Å². The van der Waals surface area contributed by atoms with Gasteiger partial charge < -0.3 is 19.6 Å². The molecular weight excluding hydrogens is 355 g/mol. The van der Waals surface area contributed by atoms with Crippen LogP contribution in [-0.2, 0) is 15.7 Å². The molecule has 1 atom stereocenters. The van der Waals surface area contributed by atoms with Gasteiger partial charge in [0.2, 0.25) is 0 Å². The molecule has 10 heteroatoms. The van der Waals surface area contributed by atoms with Gasteiger partial charge in [-0.15, -0.1) is 0 Å². The van der Waals surface area contributed by atoms with Gasteiger partial charge in [0.05, 0.1) is 12.1 Å². The third kappa shape index (κ3) is 4.77. The lowest BCUT2D eigenvalue weighted by Gasteiger charge is -2.40. The van der Waals surface area contributed by atoms with Crippen LogP contribution in [0.2, 0.25) is 0 Å². The number of rotatable bonds is 2. The average molecular weight is 375 g/mol. The minimum atomic E-state index is -4.52. The fraction of sp³-hybridized carbons (Fsp3) is 0.562. The van der Waals surface area contributed by atoms with Crippen LogP contribution in [0, 0.1) is 0 Å². The highest BCUT2D eigenvalue weighted by Crippen LogP contribution is 2.30. The van der Waals surface area contributed by atoms with Crippen LogP contribution in [-0.4, -0.2) is 58.3 Å². The van der Waals surface area contributed by atoms with Gasteiger partial charge >= 0.3 is 18.2 Å². The molecule has 144 valence electrons. The van der Waals surface area contributed by atoms with E-state index in [2.05, 4.69) is 4.98 Å². The van der Waals surface area contributed by atoms with Gasteiger partial charge in [0.25, 0.3) is 0 Å². The predicted octanol–water partition coefficient (Wildman–Crippen LogP) is 2.61. The monoisotopic (exact) mass is 375 g/mol. The molecule has 1 N–H and O–H groups in total. The highest BCUT2D eigenvalue weighted by Gasteiger charge is 2.37. The smallest absolute Gasteiger partial charge is 0.417 e. The number of piperazine rings is 1. The van der Waals surface area contributed by atoms with Gasteiger partial charge in [-0.3, -0.25) is 0 Å². The molecular formula is C16H20F3N3O4. The van der Waals surface area contributed by atoms with Crippen LogP contribution in [0.1, 0.15) is 26.3 Å². The van der Waals surface area contributed by atoms with Crippen LogP contribution in [0.15, 0.2) is 18.3 Å². The maximum absolute atomic E-state index is 12.6. The molecule has 26 heavy (non-hydrogen) atoms. The van der Waals surface area contributed by atoms with Crippen molar-refractivity contribution < 1.29 is 32.6 Å². The molecule has 1 amide bonds. The number of halogens is 3. The summed E-state index contributed by atoms with van der Waals surface area (Å²) in [6.07, 6.45) is -4.49. The molecule has 1 aromatic heterocycles. The third-order valence-electron chi connectivity index (χ3n) is 3.69. The van der Waals surface area contributed by atoms with E-state index in [-0.39, 0.29) is 25.5 Å². The lowest BCUT2D eigenvalue weighted by Crippen LogP contribution is -2.58. The Hall–Kier alpha value is -2.52. The first kappa shape index (κ1) is 19.8. The summed E-state index contributed by atoms with van der Waals surface area (Å²) in [5, 5.41) is 9.46. The first-order chi connectivity index (χ1) is 11.9. The molecule has 0 spiro atoms. The molecule has 1 aliphatic heterocycles. The van der Waals surface area contributed by atoms with Gasteiger partial charge in [0, 0.05) is 19.3 Å². The van der Waals surface area contributed by atoms with Crippen molar-refractivity contribution in [2.45, 2.75) is 38.6 Å². The number of hydrogen-bond acceptors (Lipinski definition) is 5. The molecule has 2 heterocycles. The Morgan fingerprint density at radius 2 is 1.88 bits per heavy atom. The first-order valence-electron chi connectivity index (χ1n) is 7.89. The number of amides is 1. The van der Waals surface area contributed by atoms with Crippen molar-refractivity contribution in [3.8, 4) is 0 Å². The summed E-state index contributed by atoms with van der Waals surface area (Å²) >= 11 is 0. The van der Waals surface area contributed by atoms with Gasteiger partial charge in [-0.25, -0.2) is 14.6 Å². The fourth-order valence-corrected chi connectivity index (χ4v) is 2.48. The van der Waals surface area contributed by atoms with Crippen LogP contribution in [0.25, 0.3) is 0 Å². The zero-order valence-electron chi connectivity index (χ0n) is 14.6. The second-order valence-corrected chi connectivity index (χ2v) is 6.88. The van der Waals surface area contributed by atoms with Crippen molar-refractivity contribution in [3.05, 3.63) is 23.9 Å². The summed E-state index contributed by atoms with van der Waals surface area (Å²) in [4.78, 5) is 30.1. The quantitative estimate of drug-likeness (QED) is 0.856. The minimum Gasteiger partial charge on any atom is -0.480 e. The summed E-state index contributed by atoms with van der Waals surface area (Å²) < 4.78 is 43.1. The van der Waals surface area contributed by atoms with Crippen LogP contribution >= 0.6 is 0 Å². The van der Waals surface area contributed by atoms with Crippen molar-refractivity contribution in [1.29, 1.82) is 0 Å². The molecule has 0 bridgehead atoms. The normalized spacial score (nSPS) is 18.6. The van der Waals surface area contributed by atoms with Crippen LogP contribution in [0.3, 0.4) is 0 Å². The predicted molar refractivity (Wildman–Crippen MR) is 85.8 cm³/mol. The SMILES string of the molecule is CC(C)(C)OC(=O)N1CCN(c2ccc(C(F)(F)F)cn2)C(C(=O)O)C1. The second kappa shape index (κ2) is 7.00. The Morgan fingerprint density at radius 3 is 2.35 bits per heavy atom. The zero-order chi connectivity index (χ0) is 19.7. The topological polar surface area (TPSA) is 83.0 Å². The molecule has 0 aliphatic carbocycles. The van der Waals surface area contributed by atoms with Crippen LogP contribution in [0.4, 0.5) is 23.8 Å². The Balaban J connectivity index is 2.16. The van der Waals surface area contributed by atoms with Gasteiger partial charge in [0.15, 0.2) is 0 Å². The summed E-state index contributed by atoms with van der Waals surface area (Å²) in [6, 6.07) is 0.837. The highest BCUT2D eigenvalue weighted by atomic mass is 19.4. The van der Waals surface area contributed by atoms with E-state index in [4.69, 9.17) is 4.74 Å². The van der Waals surface area contributed by atoms with Crippen molar-refractivity contribution in [1.82, 2.24) is 9.88 Å². The van der Waals surface area contributed by atoms with E-state index in [0.717, 1.165) is 12.1 Å². The minimum absolute atomic E-state index is 0.106. The number of aromatic nitrogens is 1. The second-order valence-electron chi connectivity index (χ2n) is 6.88. The number of alkyl halides is 3. The average Bonchev–Trinajstić information content (AvgIpc) is 2.52. The number of hydrogen-bond donors (Lipinski definition) is 1. The number of carboxylic acid groups (broad SMARTS) is 1. The van der Waals surface area contributed by atoms with E-state index in [9.17, 15) is 27.9 Å². The Bertz CT molecular complexity index is 671. The Kier molecular flexibility index (Phi) is 5.33.